The Morgan fingerprint density at radius 1 is 1.12 bits per heavy atom. The van der Waals surface area contributed by atoms with Crippen molar-refractivity contribution < 1.29 is 23.8 Å². The first-order valence-electron chi connectivity index (χ1n) is 16.6. The molecule has 1 amide bonds. The van der Waals surface area contributed by atoms with Crippen molar-refractivity contribution in [3.63, 3.8) is 0 Å². The second-order valence-corrected chi connectivity index (χ2v) is 14.4. The van der Waals surface area contributed by atoms with E-state index in [0.717, 1.165) is 39.1 Å². The summed E-state index contributed by atoms with van der Waals surface area (Å²) in [7, 11) is 0. The zero-order chi connectivity index (χ0) is 35.3. The predicted octanol–water partition coefficient (Wildman–Crippen LogP) is 7.38. The molecule has 0 unspecified atom stereocenters. The van der Waals surface area contributed by atoms with Crippen molar-refractivity contribution in [1.82, 2.24) is 24.6 Å². The number of carboxylic acid groups (broad SMARTS) is 1. The van der Waals surface area contributed by atoms with Crippen LogP contribution in [0.4, 0.5) is 4.79 Å². The highest BCUT2D eigenvalue weighted by Crippen LogP contribution is 2.39. The van der Waals surface area contributed by atoms with Crippen LogP contribution >= 0.6 is 11.6 Å². The van der Waals surface area contributed by atoms with Crippen LogP contribution in [-0.4, -0.2) is 67.0 Å². The molecule has 0 aliphatic carbocycles. The number of benzene rings is 3. The third kappa shape index (κ3) is 6.44. The van der Waals surface area contributed by atoms with E-state index >= 15 is 0 Å². The summed E-state index contributed by atoms with van der Waals surface area (Å²) in [5.41, 5.74) is 7.63. The van der Waals surface area contributed by atoms with Crippen LogP contribution in [0.3, 0.4) is 0 Å². The lowest BCUT2D eigenvalue weighted by molar-refractivity contribution is -0.141. The highest BCUT2D eigenvalue weighted by atomic mass is 35.5. The minimum Gasteiger partial charge on any atom is -0.481 e. The Hall–Kier alpha value is -5.18. The number of ether oxygens (including phenoxy) is 1. The van der Waals surface area contributed by atoms with Crippen LogP contribution in [0.5, 0.6) is 0 Å². The average Bonchev–Trinajstić information content (AvgIpc) is 3.82. The van der Waals surface area contributed by atoms with E-state index in [4.69, 9.17) is 30.8 Å². The van der Waals surface area contributed by atoms with E-state index in [1.54, 1.807) is 15.6 Å². The zero-order valence-corrected chi connectivity index (χ0v) is 29.1. The number of likely N-dealkylation sites (tertiary alicyclic amines) is 1. The number of nitrogens with zero attached hydrogens (tertiary/aromatic N) is 6. The normalized spacial score (nSPS) is 16.4. The molecule has 3 aromatic carbocycles. The number of carbonyl (C=O) groups is 2. The van der Waals surface area contributed by atoms with Crippen LogP contribution in [0.15, 0.2) is 59.1 Å². The molecule has 2 aromatic heterocycles. The van der Waals surface area contributed by atoms with Gasteiger partial charge in [0.15, 0.2) is 5.58 Å². The topological polar surface area (TPSA) is 138 Å². The Morgan fingerprint density at radius 3 is 2.62 bits per heavy atom. The van der Waals surface area contributed by atoms with Crippen molar-refractivity contribution in [1.29, 1.82) is 5.26 Å². The van der Waals surface area contributed by atoms with Crippen molar-refractivity contribution in [3.8, 4) is 34.3 Å². The minimum absolute atomic E-state index is 0.353. The van der Waals surface area contributed by atoms with Gasteiger partial charge in [0.05, 0.1) is 34.4 Å². The van der Waals surface area contributed by atoms with Gasteiger partial charge in [-0.1, -0.05) is 35.9 Å². The van der Waals surface area contributed by atoms with Crippen molar-refractivity contribution in [2.75, 3.05) is 19.6 Å². The van der Waals surface area contributed by atoms with Gasteiger partial charge in [0.25, 0.3) is 0 Å². The molecule has 50 heavy (non-hydrogen) atoms. The first kappa shape index (κ1) is 33.3. The predicted molar refractivity (Wildman–Crippen MR) is 188 cm³/mol. The number of aromatic nitrogens is 3. The van der Waals surface area contributed by atoms with E-state index in [1.807, 2.05) is 76.4 Å². The number of carbonyl (C=O) groups excluding carboxylic acids is 1. The number of rotatable bonds is 6. The lowest BCUT2D eigenvalue weighted by atomic mass is 9.96. The van der Waals surface area contributed by atoms with Gasteiger partial charge in [-0.2, -0.15) is 10.4 Å². The Labute approximate surface area is 294 Å². The molecule has 0 radical (unpaired) electrons. The Kier molecular flexibility index (Phi) is 8.62. The second kappa shape index (κ2) is 12.9. The van der Waals surface area contributed by atoms with Crippen molar-refractivity contribution in [2.24, 2.45) is 5.92 Å². The van der Waals surface area contributed by atoms with Crippen LogP contribution in [0.25, 0.3) is 39.4 Å². The van der Waals surface area contributed by atoms with Gasteiger partial charge in [0.1, 0.15) is 17.2 Å². The molecule has 0 bridgehead atoms. The van der Waals surface area contributed by atoms with Crippen LogP contribution in [-0.2, 0) is 29.0 Å². The third-order valence-electron chi connectivity index (χ3n) is 9.30. The average molecular weight is 693 g/mol. The van der Waals surface area contributed by atoms with Crippen molar-refractivity contribution >= 4 is 34.8 Å². The molecule has 2 aliphatic heterocycles. The summed E-state index contributed by atoms with van der Waals surface area (Å²) in [6.45, 7) is 10.1. The first-order valence-corrected chi connectivity index (χ1v) is 17.0. The Balaban J connectivity index is 1.17. The van der Waals surface area contributed by atoms with Gasteiger partial charge in [0, 0.05) is 37.0 Å². The number of hydrogen-bond donors (Lipinski definition) is 1. The van der Waals surface area contributed by atoms with Gasteiger partial charge in [-0.15, -0.1) is 0 Å². The van der Waals surface area contributed by atoms with Gasteiger partial charge in [-0.25, -0.2) is 14.5 Å². The van der Waals surface area contributed by atoms with Gasteiger partial charge >= 0.3 is 12.1 Å². The number of fused-ring (bicyclic) bond motifs is 2. The highest BCUT2D eigenvalue weighted by Gasteiger charge is 2.30. The molecule has 1 saturated heterocycles. The fourth-order valence-electron chi connectivity index (χ4n) is 6.79. The lowest BCUT2D eigenvalue weighted by Crippen LogP contribution is -2.39. The first-order chi connectivity index (χ1) is 23.9. The molecule has 5 aromatic rings. The molecule has 0 saturated carbocycles. The van der Waals surface area contributed by atoms with E-state index in [2.05, 4.69) is 11.0 Å². The number of halogens is 1. The SMILES string of the molecule is Cc1c(-c2nc3cc(CN4CC[C@@H](C(=O)O)C4)cc(C#N)c3o2)cccc1-c1cccc(-n2cc3c(n2)CN(C(=O)OC(C)(C)C)CC3)c1Cl. The maximum absolute atomic E-state index is 12.7. The number of carboxylic acids is 1. The fourth-order valence-corrected chi connectivity index (χ4v) is 7.10. The highest BCUT2D eigenvalue weighted by molar-refractivity contribution is 6.35. The van der Waals surface area contributed by atoms with E-state index < -0.39 is 11.6 Å². The number of hydrogen-bond acceptors (Lipinski definition) is 8. The molecule has 4 heterocycles. The lowest BCUT2D eigenvalue weighted by Gasteiger charge is -2.29. The standard InChI is InChI=1S/C38H37ClN6O5/c1-22-27(29-9-6-10-32(33(29)39)45-20-24-12-14-44(21-31(24)42-45)37(48)50-38(2,3)4)7-5-8-28(22)35-41-30-16-23(15-26(17-40)34(30)49-35)18-43-13-11-25(19-43)36(46)47/h5-10,15-16,20,25H,11-14,18-19,21H2,1-4H3,(H,46,47)/t25-/m1/s1. The molecule has 7 rings (SSSR count). The summed E-state index contributed by atoms with van der Waals surface area (Å²) in [5, 5.41) is 24.7. The summed E-state index contributed by atoms with van der Waals surface area (Å²) in [6.07, 6.45) is 2.89. The Bertz CT molecular complexity index is 2190. The number of oxazole rings is 1. The second-order valence-electron chi connectivity index (χ2n) is 14.0. The fraction of sp³-hybridized carbons (Fsp3) is 0.342. The summed E-state index contributed by atoms with van der Waals surface area (Å²) in [5.74, 6) is -0.763. The largest absolute Gasteiger partial charge is 0.481 e. The molecule has 0 spiro atoms. The van der Waals surface area contributed by atoms with Gasteiger partial charge < -0.3 is 19.2 Å². The summed E-state index contributed by atoms with van der Waals surface area (Å²) in [4.78, 5) is 32.7. The smallest absolute Gasteiger partial charge is 0.410 e. The maximum Gasteiger partial charge on any atom is 0.410 e. The molecule has 1 N–H and O–H groups in total. The maximum atomic E-state index is 12.7. The van der Waals surface area contributed by atoms with Crippen molar-refractivity contribution in [3.05, 3.63) is 87.7 Å². The van der Waals surface area contributed by atoms with Crippen LogP contribution < -0.4 is 0 Å². The van der Waals surface area contributed by atoms with E-state index in [0.29, 0.717) is 78.8 Å². The van der Waals surface area contributed by atoms with Gasteiger partial charge in [-0.3, -0.25) is 9.69 Å². The van der Waals surface area contributed by atoms with E-state index in [-0.39, 0.29) is 12.0 Å². The molecular formula is C38H37ClN6O5. The summed E-state index contributed by atoms with van der Waals surface area (Å²) in [6, 6.07) is 17.6. The van der Waals surface area contributed by atoms with Crippen LogP contribution in [0.2, 0.25) is 5.02 Å². The van der Waals surface area contributed by atoms with E-state index in [9.17, 15) is 20.0 Å². The van der Waals surface area contributed by atoms with Crippen molar-refractivity contribution in [2.45, 2.75) is 59.2 Å². The molecule has 256 valence electrons. The molecule has 2 aliphatic rings. The Morgan fingerprint density at radius 2 is 1.88 bits per heavy atom. The minimum atomic E-state index is -0.777. The molecule has 12 heteroatoms. The third-order valence-corrected chi connectivity index (χ3v) is 9.70. The van der Waals surface area contributed by atoms with Gasteiger partial charge in [0.2, 0.25) is 5.89 Å². The number of aliphatic carboxylic acids is 1. The van der Waals surface area contributed by atoms with Gasteiger partial charge in [-0.05, 0) is 93.6 Å². The zero-order valence-electron chi connectivity index (χ0n) is 28.4. The molecule has 1 fully saturated rings. The number of nitriles is 1. The molecule has 11 nitrogen and oxygen atoms in total. The molecule has 1 atom stereocenters. The number of amides is 1. The van der Waals surface area contributed by atoms with Crippen LogP contribution in [0, 0.1) is 24.2 Å². The van der Waals surface area contributed by atoms with E-state index in [1.165, 1.54) is 0 Å². The van der Waals surface area contributed by atoms with Crippen LogP contribution in [0.1, 0.15) is 55.1 Å². The monoisotopic (exact) mass is 692 g/mol. The molecular weight excluding hydrogens is 656 g/mol. The summed E-state index contributed by atoms with van der Waals surface area (Å²) < 4.78 is 13.6. The quantitative estimate of drug-likeness (QED) is 0.193. The summed E-state index contributed by atoms with van der Waals surface area (Å²) >= 11 is 7.12.